The van der Waals surface area contributed by atoms with Crippen molar-refractivity contribution in [2.75, 3.05) is 7.05 Å². The summed E-state index contributed by atoms with van der Waals surface area (Å²) in [5.41, 5.74) is 0.508. The van der Waals surface area contributed by atoms with Crippen molar-refractivity contribution in [3.05, 3.63) is 58.1 Å². The third-order valence-corrected chi connectivity index (χ3v) is 2.77. The molecule has 0 aliphatic carbocycles. The molecule has 0 unspecified atom stereocenters. The van der Waals surface area contributed by atoms with E-state index in [9.17, 15) is 9.59 Å². The Morgan fingerprint density at radius 2 is 1.48 bits per heavy atom. The van der Waals surface area contributed by atoms with Gasteiger partial charge in [-0.05, 0) is 35.9 Å². The van der Waals surface area contributed by atoms with Gasteiger partial charge < -0.3 is 5.32 Å². The maximum atomic E-state index is 10.9. The standard InChI is InChI=1S/C7H7ClN2O.C6H3Cl2NO/c1-9-7(11)6-4-5(8)2-3-10-6;7-4-1-2-9-5(3-4)6(8)10/h2-4H,1H3,(H,9,11);1-3H. The first-order chi connectivity index (χ1) is 9.93. The smallest absolute Gasteiger partial charge is 0.270 e. The number of nitrogens with one attached hydrogen (secondary N) is 1. The van der Waals surface area contributed by atoms with E-state index in [1.807, 2.05) is 0 Å². The first-order valence-corrected chi connectivity index (χ1v) is 6.72. The highest BCUT2D eigenvalue weighted by atomic mass is 35.5. The summed E-state index contributed by atoms with van der Waals surface area (Å²) in [4.78, 5) is 28.9. The minimum atomic E-state index is -0.595. The van der Waals surface area contributed by atoms with Crippen molar-refractivity contribution in [3.63, 3.8) is 0 Å². The number of pyridine rings is 2. The third kappa shape index (κ3) is 6.08. The van der Waals surface area contributed by atoms with Crippen molar-refractivity contribution in [2.45, 2.75) is 0 Å². The Labute approximate surface area is 136 Å². The van der Waals surface area contributed by atoms with Crippen LogP contribution in [0.3, 0.4) is 0 Å². The second kappa shape index (κ2) is 8.56. The molecule has 0 aliphatic heterocycles. The Morgan fingerprint density at radius 3 is 1.86 bits per heavy atom. The van der Waals surface area contributed by atoms with Gasteiger partial charge in [0.05, 0.1) is 0 Å². The lowest BCUT2D eigenvalue weighted by atomic mass is 10.3. The Kier molecular flexibility index (Phi) is 7.08. The van der Waals surface area contributed by atoms with Crippen LogP contribution in [0.25, 0.3) is 0 Å². The van der Waals surface area contributed by atoms with Crippen LogP contribution in [-0.2, 0) is 0 Å². The van der Waals surface area contributed by atoms with E-state index in [4.69, 9.17) is 34.8 Å². The minimum Gasteiger partial charge on any atom is -0.354 e. The van der Waals surface area contributed by atoms with Crippen LogP contribution < -0.4 is 5.32 Å². The summed E-state index contributed by atoms with van der Waals surface area (Å²) in [6.07, 6.45) is 2.92. The number of amides is 1. The Bertz CT molecular complexity index is 650. The lowest BCUT2D eigenvalue weighted by Gasteiger charge is -1.97. The molecule has 0 aliphatic rings. The number of carbonyl (C=O) groups is 2. The maximum Gasteiger partial charge on any atom is 0.270 e. The van der Waals surface area contributed by atoms with Gasteiger partial charge in [0.1, 0.15) is 11.4 Å². The average molecular weight is 347 g/mol. The van der Waals surface area contributed by atoms with Crippen molar-refractivity contribution in [1.82, 2.24) is 15.3 Å². The molecular weight excluding hydrogens is 337 g/mol. The molecule has 21 heavy (non-hydrogen) atoms. The van der Waals surface area contributed by atoms with Crippen LogP contribution in [0, 0.1) is 0 Å². The topological polar surface area (TPSA) is 72.0 Å². The summed E-state index contributed by atoms with van der Waals surface area (Å²) in [5, 5.41) is 2.82. The van der Waals surface area contributed by atoms with E-state index in [2.05, 4.69) is 15.3 Å². The van der Waals surface area contributed by atoms with Gasteiger partial charge in [0, 0.05) is 29.5 Å². The summed E-state index contributed by atoms with van der Waals surface area (Å²) < 4.78 is 0. The number of nitrogens with zero attached hydrogens (tertiary/aromatic N) is 2. The quantitative estimate of drug-likeness (QED) is 0.848. The molecule has 0 radical (unpaired) electrons. The van der Waals surface area contributed by atoms with Crippen molar-refractivity contribution < 1.29 is 9.59 Å². The number of hydrogen-bond donors (Lipinski definition) is 1. The SMILES string of the molecule is CNC(=O)c1cc(Cl)ccn1.O=C(Cl)c1cc(Cl)ccn1. The molecule has 0 spiro atoms. The van der Waals surface area contributed by atoms with Crippen LogP contribution in [0.4, 0.5) is 0 Å². The zero-order valence-electron chi connectivity index (χ0n) is 10.8. The number of aromatic nitrogens is 2. The van der Waals surface area contributed by atoms with Gasteiger partial charge in [-0.2, -0.15) is 0 Å². The summed E-state index contributed by atoms with van der Waals surface area (Å²) in [5.74, 6) is -0.229. The van der Waals surface area contributed by atoms with Crippen molar-refractivity contribution in [2.24, 2.45) is 0 Å². The van der Waals surface area contributed by atoms with Crippen LogP contribution >= 0.6 is 34.8 Å². The highest BCUT2D eigenvalue weighted by molar-refractivity contribution is 6.67. The fourth-order valence-electron chi connectivity index (χ4n) is 1.17. The van der Waals surface area contributed by atoms with E-state index in [1.165, 1.54) is 24.5 Å². The summed E-state index contributed by atoms with van der Waals surface area (Å²) in [7, 11) is 1.55. The van der Waals surface area contributed by atoms with Gasteiger partial charge in [-0.3, -0.25) is 19.6 Å². The summed E-state index contributed by atoms with van der Waals surface area (Å²) in [6, 6.07) is 6.12. The molecule has 0 aromatic carbocycles. The number of hydrogen-bond acceptors (Lipinski definition) is 4. The van der Waals surface area contributed by atoms with E-state index in [0.717, 1.165) is 0 Å². The van der Waals surface area contributed by atoms with Crippen LogP contribution in [0.2, 0.25) is 10.0 Å². The molecule has 2 aromatic heterocycles. The predicted molar refractivity (Wildman–Crippen MR) is 82.1 cm³/mol. The highest BCUT2D eigenvalue weighted by Crippen LogP contribution is 2.09. The highest BCUT2D eigenvalue weighted by Gasteiger charge is 2.03. The number of carbonyl (C=O) groups excluding carboxylic acids is 2. The summed E-state index contributed by atoms with van der Waals surface area (Å²) in [6.45, 7) is 0. The zero-order chi connectivity index (χ0) is 15.8. The van der Waals surface area contributed by atoms with Gasteiger partial charge in [0.15, 0.2) is 0 Å². The molecule has 0 saturated carbocycles. The zero-order valence-corrected chi connectivity index (χ0v) is 13.1. The van der Waals surface area contributed by atoms with Crippen molar-refractivity contribution in [1.29, 1.82) is 0 Å². The van der Waals surface area contributed by atoms with Crippen LogP contribution in [-0.4, -0.2) is 28.2 Å². The molecule has 0 atom stereocenters. The summed E-state index contributed by atoms with van der Waals surface area (Å²) >= 11 is 16.3. The van der Waals surface area contributed by atoms with E-state index in [0.29, 0.717) is 15.7 Å². The van der Waals surface area contributed by atoms with Crippen LogP contribution in [0.5, 0.6) is 0 Å². The van der Waals surface area contributed by atoms with Crippen LogP contribution in [0.1, 0.15) is 21.0 Å². The van der Waals surface area contributed by atoms with Gasteiger partial charge in [-0.1, -0.05) is 23.2 Å². The monoisotopic (exact) mass is 345 g/mol. The van der Waals surface area contributed by atoms with E-state index in [-0.39, 0.29) is 11.6 Å². The fraction of sp³-hybridized carbons (Fsp3) is 0.0769. The Balaban J connectivity index is 0.000000211. The van der Waals surface area contributed by atoms with E-state index >= 15 is 0 Å². The normalized spacial score (nSPS) is 9.33. The van der Waals surface area contributed by atoms with E-state index in [1.54, 1.807) is 19.2 Å². The molecule has 0 fully saturated rings. The maximum absolute atomic E-state index is 10.9. The first-order valence-electron chi connectivity index (χ1n) is 5.59. The Hall–Kier alpha value is -1.69. The fourth-order valence-corrected chi connectivity index (χ4v) is 1.59. The molecular formula is C13H10Cl3N3O2. The lowest BCUT2D eigenvalue weighted by Crippen LogP contribution is -2.18. The van der Waals surface area contributed by atoms with Crippen molar-refractivity contribution >= 4 is 46.0 Å². The minimum absolute atomic E-state index is 0.175. The molecule has 1 amide bonds. The molecule has 0 saturated heterocycles. The second-order valence-corrected chi connectivity index (χ2v) is 4.79. The molecule has 2 rings (SSSR count). The molecule has 2 heterocycles. The predicted octanol–water partition coefficient (Wildman–Crippen LogP) is 3.21. The molecule has 1 N–H and O–H groups in total. The Morgan fingerprint density at radius 1 is 1.00 bits per heavy atom. The van der Waals surface area contributed by atoms with Gasteiger partial charge in [0.25, 0.3) is 11.1 Å². The largest absolute Gasteiger partial charge is 0.354 e. The molecule has 2 aromatic rings. The number of halogens is 3. The molecule has 8 heteroatoms. The van der Waals surface area contributed by atoms with Gasteiger partial charge >= 0.3 is 0 Å². The van der Waals surface area contributed by atoms with Gasteiger partial charge in [-0.15, -0.1) is 0 Å². The average Bonchev–Trinajstić information content (AvgIpc) is 2.47. The van der Waals surface area contributed by atoms with Crippen LogP contribution in [0.15, 0.2) is 36.7 Å². The van der Waals surface area contributed by atoms with Crippen molar-refractivity contribution in [3.8, 4) is 0 Å². The van der Waals surface area contributed by atoms with Gasteiger partial charge in [0.2, 0.25) is 0 Å². The third-order valence-electron chi connectivity index (χ3n) is 2.11. The van der Waals surface area contributed by atoms with E-state index < -0.39 is 5.24 Å². The lowest BCUT2D eigenvalue weighted by molar-refractivity contribution is 0.0957. The second-order valence-electron chi connectivity index (χ2n) is 3.57. The molecule has 0 bridgehead atoms. The number of rotatable bonds is 2. The molecule has 110 valence electrons. The molecule has 5 nitrogen and oxygen atoms in total. The van der Waals surface area contributed by atoms with Gasteiger partial charge in [-0.25, -0.2) is 0 Å². The first kappa shape index (κ1) is 17.4.